The van der Waals surface area contributed by atoms with Gasteiger partial charge in [0.25, 0.3) is 0 Å². The normalized spacial score (nSPS) is 8.53. The van der Waals surface area contributed by atoms with E-state index < -0.39 is 0 Å². The van der Waals surface area contributed by atoms with E-state index >= 15 is 0 Å². The number of benzene rings is 1. The Morgan fingerprint density at radius 1 is 1.00 bits per heavy atom. The number of aromatic hydroxyl groups is 2. The topological polar surface area (TPSA) is 74.6 Å². The number of phenols is 2. The van der Waals surface area contributed by atoms with Crippen molar-refractivity contribution >= 4 is 12.6 Å². The van der Waals surface area contributed by atoms with E-state index in [-0.39, 0.29) is 11.5 Å². The molecule has 0 heterocycles. The highest BCUT2D eigenvalue weighted by Crippen LogP contribution is 2.14. The van der Waals surface area contributed by atoms with Crippen LogP contribution in [0.5, 0.6) is 11.5 Å². The maximum absolute atomic E-state index is 9.56. The van der Waals surface area contributed by atoms with Gasteiger partial charge in [-0.1, -0.05) is 6.07 Å². The van der Waals surface area contributed by atoms with E-state index in [0.717, 1.165) is 12.6 Å². The third-order valence-corrected chi connectivity index (χ3v) is 1.47. The number of phenolic OH excluding ortho intramolecular Hbond substituents is 2. The molecule has 1 aromatic carbocycles. The number of rotatable bonds is 4. The molecule has 0 radical (unpaired) electrons. The van der Waals surface area contributed by atoms with Crippen molar-refractivity contribution in [1.82, 2.24) is 0 Å². The van der Waals surface area contributed by atoms with E-state index in [2.05, 4.69) is 0 Å². The molecule has 0 amide bonds. The Morgan fingerprint density at radius 3 is 1.73 bits per heavy atom. The predicted molar refractivity (Wildman–Crippen MR) is 55.8 cm³/mol. The summed E-state index contributed by atoms with van der Waals surface area (Å²) >= 11 is 0. The molecule has 0 aliphatic carbocycles. The van der Waals surface area contributed by atoms with Crippen molar-refractivity contribution in [3.05, 3.63) is 24.3 Å². The second-order valence-electron chi connectivity index (χ2n) is 2.78. The molecule has 0 aliphatic rings. The second kappa shape index (κ2) is 8.74. The number of carbonyl (C=O) groups is 2. The van der Waals surface area contributed by atoms with E-state index in [1.165, 1.54) is 18.2 Å². The van der Waals surface area contributed by atoms with Crippen molar-refractivity contribution < 1.29 is 19.8 Å². The van der Waals surface area contributed by atoms with Crippen molar-refractivity contribution in [1.29, 1.82) is 0 Å². The Labute approximate surface area is 88.2 Å². The van der Waals surface area contributed by atoms with Crippen molar-refractivity contribution in [2.45, 2.75) is 19.3 Å². The Balaban J connectivity index is 0.000000265. The largest absolute Gasteiger partial charge is 0.508 e. The summed E-state index contributed by atoms with van der Waals surface area (Å²) in [4.78, 5) is 19.1. The number of hydrogen-bond donors (Lipinski definition) is 2. The third kappa shape index (κ3) is 8.49. The van der Waals surface area contributed by atoms with Gasteiger partial charge in [0, 0.05) is 18.9 Å². The van der Waals surface area contributed by atoms with Crippen LogP contribution >= 0.6 is 0 Å². The lowest BCUT2D eigenvalue weighted by Crippen LogP contribution is -1.76. The lowest BCUT2D eigenvalue weighted by molar-refractivity contribution is -0.108. The van der Waals surface area contributed by atoms with Crippen LogP contribution in [-0.2, 0) is 9.59 Å². The van der Waals surface area contributed by atoms with Gasteiger partial charge in [-0.3, -0.25) is 0 Å². The fourth-order valence-corrected chi connectivity index (χ4v) is 0.778. The molecule has 82 valence electrons. The highest BCUT2D eigenvalue weighted by Gasteiger charge is 1.85. The van der Waals surface area contributed by atoms with Gasteiger partial charge in [-0.2, -0.15) is 0 Å². The average molecular weight is 210 g/mol. The quantitative estimate of drug-likeness (QED) is 0.585. The van der Waals surface area contributed by atoms with Crippen molar-refractivity contribution in [3.63, 3.8) is 0 Å². The minimum Gasteiger partial charge on any atom is -0.508 e. The molecule has 0 atom stereocenters. The average Bonchev–Trinajstić information content (AvgIpc) is 2.19. The molecular weight excluding hydrogens is 196 g/mol. The summed E-state index contributed by atoms with van der Waals surface area (Å²) in [7, 11) is 0. The standard InChI is InChI=1S/C6H6O2.C5H8O2/c7-5-2-1-3-6(8)4-5;6-4-2-1-3-5-7/h1-4,7-8H;4-5H,1-3H2. The molecule has 0 aliphatic heterocycles. The fourth-order valence-electron chi connectivity index (χ4n) is 0.778. The number of hydrogen-bond acceptors (Lipinski definition) is 4. The molecule has 1 rings (SSSR count). The van der Waals surface area contributed by atoms with Crippen LogP contribution in [-0.4, -0.2) is 22.8 Å². The first-order valence-electron chi connectivity index (χ1n) is 4.56. The third-order valence-electron chi connectivity index (χ3n) is 1.47. The molecule has 0 saturated heterocycles. The number of unbranched alkanes of at least 4 members (excludes halogenated alkanes) is 2. The van der Waals surface area contributed by atoms with Crippen LogP contribution in [0.3, 0.4) is 0 Å². The van der Waals surface area contributed by atoms with Gasteiger partial charge in [0.15, 0.2) is 0 Å². The summed E-state index contributed by atoms with van der Waals surface area (Å²) < 4.78 is 0. The van der Waals surface area contributed by atoms with Gasteiger partial charge < -0.3 is 19.8 Å². The van der Waals surface area contributed by atoms with E-state index in [1.54, 1.807) is 6.07 Å². The summed E-state index contributed by atoms with van der Waals surface area (Å²) in [5.74, 6) is 0.176. The maximum atomic E-state index is 9.56. The molecule has 2 N–H and O–H groups in total. The summed E-state index contributed by atoms with van der Waals surface area (Å²) in [6.45, 7) is 0. The first-order chi connectivity index (χ1) is 7.20. The van der Waals surface area contributed by atoms with E-state index in [9.17, 15) is 9.59 Å². The molecule has 0 unspecified atom stereocenters. The zero-order valence-electron chi connectivity index (χ0n) is 8.30. The molecule has 0 saturated carbocycles. The van der Waals surface area contributed by atoms with Crippen LogP contribution in [0.15, 0.2) is 24.3 Å². The molecule has 0 fully saturated rings. The van der Waals surface area contributed by atoms with Crippen LogP contribution in [0.2, 0.25) is 0 Å². The fraction of sp³-hybridized carbons (Fsp3) is 0.273. The zero-order valence-corrected chi connectivity index (χ0v) is 8.30. The first-order valence-corrected chi connectivity index (χ1v) is 4.56. The Bertz CT molecular complexity index is 271. The monoisotopic (exact) mass is 210 g/mol. The Kier molecular flexibility index (Phi) is 7.67. The highest BCUT2D eigenvalue weighted by atomic mass is 16.3. The van der Waals surface area contributed by atoms with Crippen LogP contribution < -0.4 is 0 Å². The summed E-state index contributed by atoms with van der Waals surface area (Å²) in [6.07, 6.45) is 3.37. The molecular formula is C11H14O4. The summed E-state index contributed by atoms with van der Waals surface area (Å²) in [5, 5.41) is 17.3. The van der Waals surface area contributed by atoms with Gasteiger partial charge in [0.2, 0.25) is 0 Å². The van der Waals surface area contributed by atoms with Gasteiger partial charge in [-0.25, -0.2) is 0 Å². The van der Waals surface area contributed by atoms with Crippen molar-refractivity contribution in [2.75, 3.05) is 0 Å². The molecule has 4 heteroatoms. The molecule has 0 bridgehead atoms. The number of aldehydes is 2. The minimum atomic E-state index is 0.0880. The van der Waals surface area contributed by atoms with Gasteiger partial charge >= 0.3 is 0 Å². The van der Waals surface area contributed by atoms with Crippen molar-refractivity contribution in [3.8, 4) is 11.5 Å². The molecule has 0 spiro atoms. The maximum Gasteiger partial charge on any atom is 0.120 e. The Morgan fingerprint density at radius 2 is 1.47 bits per heavy atom. The van der Waals surface area contributed by atoms with Crippen LogP contribution in [0.1, 0.15) is 19.3 Å². The van der Waals surface area contributed by atoms with Crippen LogP contribution in [0, 0.1) is 0 Å². The summed E-state index contributed by atoms with van der Waals surface area (Å²) in [6, 6.07) is 5.85. The molecule has 4 nitrogen and oxygen atoms in total. The smallest absolute Gasteiger partial charge is 0.120 e. The lowest BCUT2D eigenvalue weighted by Gasteiger charge is -1.89. The summed E-state index contributed by atoms with van der Waals surface area (Å²) in [5.41, 5.74) is 0. The van der Waals surface area contributed by atoms with E-state index in [4.69, 9.17) is 10.2 Å². The lowest BCUT2D eigenvalue weighted by atomic mass is 10.3. The first kappa shape index (κ1) is 13.2. The SMILES string of the molecule is O=CCCCC=O.Oc1cccc(O)c1. The highest BCUT2D eigenvalue weighted by molar-refractivity contribution is 5.52. The minimum absolute atomic E-state index is 0.0880. The van der Waals surface area contributed by atoms with Crippen LogP contribution in [0.25, 0.3) is 0 Å². The van der Waals surface area contributed by atoms with E-state index in [1.807, 2.05) is 0 Å². The predicted octanol–water partition coefficient (Wildman–Crippen LogP) is 1.65. The number of carbonyl (C=O) groups excluding carboxylic acids is 2. The van der Waals surface area contributed by atoms with E-state index in [0.29, 0.717) is 19.3 Å². The van der Waals surface area contributed by atoms with Crippen LogP contribution in [0.4, 0.5) is 0 Å². The Hall–Kier alpha value is -1.84. The van der Waals surface area contributed by atoms with Gasteiger partial charge in [-0.05, 0) is 18.6 Å². The van der Waals surface area contributed by atoms with Gasteiger partial charge in [0.1, 0.15) is 24.1 Å². The van der Waals surface area contributed by atoms with Crippen molar-refractivity contribution in [2.24, 2.45) is 0 Å². The van der Waals surface area contributed by atoms with Gasteiger partial charge in [-0.15, -0.1) is 0 Å². The molecule has 0 aromatic heterocycles. The van der Waals surface area contributed by atoms with Gasteiger partial charge in [0.05, 0.1) is 0 Å². The molecule has 1 aromatic rings. The molecule has 15 heavy (non-hydrogen) atoms. The zero-order chi connectivity index (χ0) is 11.5. The second-order valence-corrected chi connectivity index (χ2v) is 2.78.